The maximum absolute atomic E-state index is 11.9. The van der Waals surface area contributed by atoms with Crippen LogP contribution in [-0.4, -0.2) is 24.3 Å². The van der Waals surface area contributed by atoms with Crippen LogP contribution < -0.4 is 10.1 Å². The maximum Gasteiger partial charge on any atom is 0.258 e. The first kappa shape index (κ1) is 16.0. The molecule has 1 aliphatic carbocycles. The fourth-order valence-electron chi connectivity index (χ4n) is 2.57. The number of ether oxygens (including phenoxy) is 1. The van der Waals surface area contributed by atoms with Crippen molar-refractivity contribution >= 4 is 27.6 Å². The van der Waals surface area contributed by atoms with E-state index in [1.54, 1.807) is 18.2 Å². The van der Waals surface area contributed by atoms with E-state index >= 15 is 0 Å². The van der Waals surface area contributed by atoms with Gasteiger partial charge < -0.3 is 10.1 Å². The van der Waals surface area contributed by atoms with Gasteiger partial charge in [0.15, 0.2) is 12.4 Å². The summed E-state index contributed by atoms with van der Waals surface area (Å²) >= 11 is 3.34. The van der Waals surface area contributed by atoms with Gasteiger partial charge in [0.25, 0.3) is 5.91 Å². The number of amides is 1. The predicted octanol–water partition coefficient (Wildman–Crippen LogP) is 3.48. The van der Waals surface area contributed by atoms with Crippen LogP contribution in [0.15, 0.2) is 22.7 Å². The maximum atomic E-state index is 11.9. The number of halogens is 1. The molecule has 0 aromatic heterocycles. The number of hydrogen-bond acceptors (Lipinski definition) is 3. The molecule has 5 heteroatoms. The van der Waals surface area contributed by atoms with E-state index in [4.69, 9.17) is 4.74 Å². The second kappa shape index (κ2) is 7.59. The Labute approximate surface area is 133 Å². The van der Waals surface area contributed by atoms with Crippen molar-refractivity contribution in [3.63, 3.8) is 0 Å². The van der Waals surface area contributed by atoms with Gasteiger partial charge in [-0.2, -0.15) is 0 Å². The summed E-state index contributed by atoms with van der Waals surface area (Å²) in [5.41, 5.74) is 0.490. The molecule has 1 aromatic rings. The number of carbonyl (C=O) groups is 2. The van der Waals surface area contributed by atoms with Crippen LogP contribution in [0.3, 0.4) is 0 Å². The van der Waals surface area contributed by atoms with Crippen molar-refractivity contribution in [1.29, 1.82) is 0 Å². The van der Waals surface area contributed by atoms with Gasteiger partial charge in [0.05, 0.1) is 5.56 Å². The van der Waals surface area contributed by atoms with Crippen LogP contribution >= 0.6 is 15.9 Å². The number of ketones is 1. The molecule has 2 rings (SSSR count). The van der Waals surface area contributed by atoms with E-state index < -0.39 is 0 Å². The Morgan fingerprint density at radius 2 is 2.00 bits per heavy atom. The highest BCUT2D eigenvalue weighted by atomic mass is 79.9. The zero-order chi connectivity index (χ0) is 15.2. The standard InChI is InChI=1S/C16H20BrNO3/c1-11(19)14-8-7-12(17)9-15(14)21-10-16(20)18-13-5-3-2-4-6-13/h7-9,13H,2-6,10H2,1H3,(H,18,20). The lowest BCUT2D eigenvalue weighted by atomic mass is 9.95. The van der Waals surface area contributed by atoms with Crippen LogP contribution in [-0.2, 0) is 4.79 Å². The number of carbonyl (C=O) groups excluding carboxylic acids is 2. The highest BCUT2D eigenvalue weighted by molar-refractivity contribution is 9.10. The van der Waals surface area contributed by atoms with E-state index in [0.29, 0.717) is 11.3 Å². The van der Waals surface area contributed by atoms with Crippen molar-refractivity contribution in [3.8, 4) is 5.75 Å². The third-order valence-electron chi connectivity index (χ3n) is 3.65. The molecule has 1 amide bonds. The van der Waals surface area contributed by atoms with Crippen molar-refractivity contribution in [2.45, 2.75) is 45.1 Å². The van der Waals surface area contributed by atoms with E-state index in [2.05, 4.69) is 21.2 Å². The molecule has 0 saturated heterocycles. The van der Waals surface area contributed by atoms with Crippen LogP contribution in [0.5, 0.6) is 5.75 Å². The number of hydrogen-bond donors (Lipinski definition) is 1. The van der Waals surface area contributed by atoms with Crippen LogP contribution in [0.2, 0.25) is 0 Å². The molecule has 1 aromatic carbocycles. The molecule has 1 fully saturated rings. The lowest BCUT2D eigenvalue weighted by molar-refractivity contribution is -0.124. The van der Waals surface area contributed by atoms with Gasteiger partial charge in [-0.25, -0.2) is 0 Å². The lowest BCUT2D eigenvalue weighted by Gasteiger charge is -2.22. The highest BCUT2D eigenvalue weighted by Crippen LogP contribution is 2.24. The quantitative estimate of drug-likeness (QED) is 0.824. The van der Waals surface area contributed by atoms with Crippen LogP contribution in [0.25, 0.3) is 0 Å². The second-order valence-electron chi connectivity index (χ2n) is 5.39. The minimum Gasteiger partial charge on any atom is -0.483 e. The molecule has 21 heavy (non-hydrogen) atoms. The van der Waals surface area contributed by atoms with E-state index in [-0.39, 0.29) is 24.3 Å². The largest absolute Gasteiger partial charge is 0.483 e. The molecule has 0 heterocycles. The average Bonchev–Trinajstić information content (AvgIpc) is 2.46. The van der Waals surface area contributed by atoms with Crippen LogP contribution in [0.4, 0.5) is 0 Å². The first-order valence-electron chi connectivity index (χ1n) is 7.29. The summed E-state index contributed by atoms with van der Waals surface area (Å²) < 4.78 is 6.33. The molecule has 1 aliphatic rings. The Balaban J connectivity index is 1.91. The van der Waals surface area contributed by atoms with Gasteiger partial charge in [0, 0.05) is 10.5 Å². The van der Waals surface area contributed by atoms with Crippen LogP contribution in [0.1, 0.15) is 49.4 Å². The molecule has 0 radical (unpaired) electrons. The Bertz CT molecular complexity index is 524. The van der Waals surface area contributed by atoms with Crippen LogP contribution in [0, 0.1) is 0 Å². The van der Waals surface area contributed by atoms with Gasteiger partial charge in [-0.15, -0.1) is 0 Å². The molecule has 0 aliphatic heterocycles. The van der Waals surface area contributed by atoms with Gasteiger partial charge in [-0.05, 0) is 38.0 Å². The molecular formula is C16H20BrNO3. The lowest BCUT2D eigenvalue weighted by Crippen LogP contribution is -2.39. The van der Waals surface area contributed by atoms with Crippen molar-refractivity contribution in [2.75, 3.05) is 6.61 Å². The molecule has 0 unspecified atom stereocenters. The molecule has 0 bridgehead atoms. The van der Waals surface area contributed by atoms with Gasteiger partial charge in [-0.3, -0.25) is 9.59 Å². The van der Waals surface area contributed by atoms with E-state index in [1.807, 2.05) is 0 Å². The summed E-state index contributed by atoms with van der Waals surface area (Å²) in [5, 5.41) is 2.99. The zero-order valence-corrected chi connectivity index (χ0v) is 13.7. The van der Waals surface area contributed by atoms with Gasteiger partial charge in [0.1, 0.15) is 5.75 Å². The number of Topliss-reactive ketones (excluding diaryl/α,β-unsaturated/α-hetero) is 1. The fraction of sp³-hybridized carbons (Fsp3) is 0.500. The van der Waals surface area contributed by atoms with E-state index in [9.17, 15) is 9.59 Å². The molecule has 0 spiro atoms. The van der Waals surface area contributed by atoms with E-state index in [1.165, 1.54) is 26.2 Å². The summed E-state index contributed by atoms with van der Waals surface area (Å²) in [4.78, 5) is 23.5. The molecular weight excluding hydrogens is 334 g/mol. The Hall–Kier alpha value is -1.36. The Kier molecular flexibility index (Phi) is 5.79. The minimum absolute atomic E-state index is 0.0623. The zero-order valence-electron chi connectivity index (χ0n) is 12.2. The smallest absolute Gasteiger partial charge is 0.258 e. The van der Waals surface area contributed by atoms with Crippen molar-refractivity contribution in [3.05, 3.63) is 28.2 Å². The molecule has 1 saturated carbocycles. The molecule has 1 N–H and O–H groups in total. The van der Waals surface area contributed by atoms with Crippen molar-refractivity contribution in [1.82, 2.24) is 5.32 Å². The first-order chi connectivity index (χ1) is 10.1. The van der Waals surface area contributed by atoms with Crippen molar-refractivity contribution in [2.24, 2.45) is 0 Å². The summed E-state index contributed by atoms with van der Waals surface area (Å²) in [5.74, 6) is 0.234. The Morgan fingerprint density at radius 1 is 1.29 bits per heavy atom. The summed E-state index contributed by atoms with van der Waals surface area (Å²) in [6.07, 6.45) is 5.68. The van der Waals surface area contributed by atoms with Gasteiger partial charge >= 0.3 is 0 Å². The van der Waals surface area contributed by atoms with E-state index in [0.717, 1.165) is 17.3 Å². The summed E-state index contributed by atoms with van der Waals surface area (Å²) in [7, 11) is 0. The number of benzene rings is 1. The predicted molar refractivity (Wildman–Crippen MR) is 84.7 cm³/mol. The average molecular weight is 354 g/mol. The third kappa shape index (κ3) is 4.84. The molecule has 4 nitrogen and oxygen atoms in total. The normalized spacial score (nSPS) is 15.5. The van der Waals surface area contributed by atoms with Crippen molar-refractivity contribution < 1.29 is 14.3 Å². The SMILES string of the molecule is CC(=O)c1ccc(Br)cc1OCC(=O)NC1CCCCC1. The van der Waals surface area contributed by atoms with Gasteiger partial charge in [0.2, 0.25) is 0 Å². The minimum atomic E-state index is -0.128. The summed E-state index contributed by atoms with van der Waals surface area (Å²) in [6.45, 7) is 1.42. The van der Waals surface area contributed by atoms with Gasteiger partial charge in [-0.1, -0.05) is 35.2 Å². The number of rotatable bonds is 5. The topological polar surface area (TPSA) is 55.4 Å². The Morgan fingerprint density at radius 3 is 2.67 bits per heavy atom. The highest BCUT2D eigenvalue weighted by Gasteiger charge is 2.16. The second-order valence-corrected chi connectivity index (χ2v) is 6.30. The molecule has 0 atom stereocenters. The first-order valence-corrected chi connectivity index (χ1v) is 8.08. The number of nitrogens with one attached hydrogen (secondary N) is 1. The summed E-state index contributed by atoms with van der Waals surface area (Å²) in [6, 6.07) is 5.46. The fourth-order valence-corrected chi connectivity index (χ4v) is 2.91. The monoisotopic (exact) mass is 353 g/mol. The molecule has 114 valence electrons. The third-order valence-corrected chi connectivity index (χ3v) is 4.15.